The molecule has 0 aliphatic rings. The summed E-state index contributed by atoms with van der Waals surface area (Å²) in [5.74, 6) is 0. The Bertz CT molecular complexity index is 731. The second kappa shape index (κ2) is 3.67. The minimum absolute atomic E-state index is 0.138. The van der Waals surface area contributed by atoms with Crippen molar-refractivity contribution in [2.45, 2.75) is 0 Å². The number of rotatable bonds is 1. The summed E-state index contributed by atoms with van der Waals surface area (Å²) in [6.45, 7) is 0. The number of hydrogen-bond acceptors (Lipinski definition) is 1. The molecule has 0 spiro atoms. The summed E-state index contributed by atoms with van der Waals surface area (Å²) in [6.07, 6.45) is 0. The Hall–Kier alpha value is -2.22. The van der Waals surface area contributed by atoms with Gasteiger partial charge < -0.3 is 0 Å². The van der Waals surface area contributed by atoms with E-state index in [1.807, 2.05) is 42.5 Å². The van der Waals surface area contributed by atoms with Gasteiger partial charge in [0.1, 0.15) is 0 Å². The fraction of sp³-hybridized carbons (Fsp3) is 0. The van der Waals surface area contributed by atoms with Gasteiger partial charge in [0.2, 0.25) is 0 Å². The van der Waals surface area contributed by atoms with Crippen LogP contribution in [0.5, 0.6) is 0 Å². The van der Waals surface area contributed by atoms with Gasteiger partial charge in [-0.2, -0.15) is 4.39 Å². The van der Waals surface area contributed by atoms with Gasteiger partial charge in [0, 0.05) is 0 Å². The Labute approximate surface area is 97.5 Å². The van der Waals surface area contributed by atoms with Crippen molar-refractivity contribution in [3.05, 3.63) is 60.2 Å². The lowest BCUT2D eigenvalue weighted by Gasteiger charge is -2.06. The zero-order valence-electron chi connectivity index (χ0n) is 8.98. The summed E-state index contributed by atoms with van der Waals surface area (Å²) >= 11 is 0. The summed E-state index contributed by atoms with van der Waals surface area (Å²) < 4.78 is 13.1. The fourth-order valence-electron chi connectivity index (χ4n) is 2.22. The minimum Gasteiger partial charge on any atom is -0.255 e. The van der Waals surface area contributed by atoms with E-state index in [4.69, 9.17) is 0 Å². The number of halogens is 1. The van der Waals surface area contributed by atoms with Crippen molar-refractivity contribution in [1.29, 1.82) is 0 Å². The van der Waals surface area contributed by atoms with Gasteiger partial charge in [0.25, 0.3) is 0 Å². The van der Waals surface area contributed by atoms with Crippen molar-refractivity contribution in [2.24, 2.45) is 0 Å². The van der Waals surface area contributed by atoms with E-state index >= 15 is 0 Å². The van der Waals surface area contributed by atoms with Crippen LogP contribution in [0, 0.1) is 0 Å². The van der Waals surface area contributed by atoms with Crippen LogP contribution < -0.4 is 0 Å². The molecule has 0 aliphatic carbocycles. The molecular formula is C15H9FO. The average Bonchev–Trinajstić information content (AvgIpc) is 2.37. The predicted molar refractivity (Wildman–Crippen MR) is 66.9 cm³/mol. The van der Waals surface area contributed by atoms with Crippen LogP contribution in [-0.2, 0) is 0 Å². The lowest BCUT2D eigenvalue weighted by Crippen LogP contribution is -1.92. The number of carbonyl (C=O) groups is 1. The minimum atomic E-state index is -1.38. The molecule has 0 N–H and O–H groups in total. The topological polar surface area (TPSA) is 17.1 Å². The van der Waals surface area contributed by atoms with E-state index in [0.29, 0.717) is 5.39 Å². The lowest BCUT2D eigenvalue weighted by atomic mass is 9.98. The van der Waals surface area contributed by atoms with Gasteiger partial charge in [-0.15, -0.1) is 0 Å². The summed E-state index contributed by atoms with van der Waals surface area (Å²) in [5, 5.41) is 3.49. The molecule has 0 radical (unpaired) electrons. The fourth-order valence-corrected chi connectivity index (χ4v) is 2.22. The van der Waals surface area contributed by atoms with Crippen LogP contribution in [0.15, 0.2) is 54.6 Å². The molecule has 0 saturated heterocycles. The van der Waals surface area contributed by atoms with Crippen molar-refractivity contribution in [2.75, 3.05) is 0 Å². The van der Waals surface area contributed by atoms with E-state index in [-0.39, 0.29) is 5.56 Å². The summed E-state index contributed by atoms with van der Waals surface area (Å²) in [4.78, 5) is 11.0. The van der Waals surface area contributed by atoms with Crippen LogP contribution in [0.1, 0.15) is 10.4 Å². The molecule has 3 rings (SSSR count). The maximum atomic E-state index is 13.1. The Morgan fingerprint density at radius 2 is 1.41 bits per heavy atom. The van der Waals surface area contributed by atoms with E-state index in [2.05, 4.69) is 0 Å². The molecule has 3 aromatic carbocycles. The third-order valence-electron chi connectivity index (χ3n) is 2.98. The summed E-state index contributed by atoms with van der Waals surface area (Å²) in [5.41, 5.74) is 0.138. The average molecular weight is 224 g/mol. The molecule has 0 aromatic heterocycles. The standard InChI is InChI=1S/C15H9FO/c16-15(17)14-9-10-5-1-2-6-11(10)12-7-3-4-8-13(12)14/h1-9H. The second-order valence-corrected chi connectivity index (χ2v) is 3.96. The van der Waals surface area contributed by atoms with Crippen LogP contribution in [0.4, 0.5) is 4.39 Å². The molecule has 0 amide bonds. The van der Waals surface area contributed by atoms with Gasteiger partial charge in [-0.3, -0.25) is 4.79 Å². The molecule has 82 valence electrons. The van der Waals surface area contributed by atoms with Crippen molar-refractivity contribution in [1.82, 2.24) is 0 Å². The number of fused-ring (bicyclic) bond motifs is 3. The van der Waals surface area contributed by atoms with Crippen molar-refractivity contribution in [3.63, 3.8) is 0 Å². The van der Waals surface area contributed by atoms with Crippen LogP contribution in [0.25, 0.3) is 21.5 Å². The Morgan fingerprint density at radius 3 is 2.12 bits per heavy atom. The Balaban J connectivity index is 2.59. The van der Waals surface area contributed by atoms with Crippen molar-refractivity contribution in [3.8, 4) is 0 Å². The first-order valence-electron chi connectivity index (χ1n) is 5.38. The van der Waals surface area contributed by atoms with Crippen LogP contribution >= 0.6 is 0 Å². The van der Waals surface area contributed by atoms with Gasteiger partial charge in [-0.1, -0.05) is 48.5 Å². The normalized spacial score (nSPS) is 10.9. The maximum absolute atomic E-state index is 13.1. The Morgan fingerprint density at radius 1 is 0.824 bits per heavy atom. The van der Waals surface area contributed by atoms with E-state index in [0.717, 1.165) is 16.2 Å². The highest BCUT2D eigenvalue weighted by Crippen LogP contribution is 2.28. The first-order valence-corrected chi connectivity index (χ1v) is 5.38. The smallest absolute Gasteiger partial charge is 0.255 e. The first kappa shape index (κ1) is 9.97. The lowest BCUT2D eigenvalue weighted by molar-refractivity contribution is 0.0838. The highest BCUT2D eigenvalue weighted by Gasteiger charge is 2.11. The third kappa shape index (κ3) is 1.49. The maximum Gasteiger partial charge on any atom is 0.332 e. The van der Waals surface area contributed by atoms with Crippen molar-refractivity contribution >= 4 is 27.6 Å². The second-order valence-electron chi connectivity index (χ2n) is 3.96. The van der Waals surface area contributed by atoms with Gasteiger partial charge in [-0.05, 0) is 27.6 Å². The molecule has 2 heteroatoms. The largest absolute Gasteiger partial charge is 0.332 e. The highest BCUT2D eigenvalue weighted by molar-refractivity contribution is 6.15. The highest BCUT2D eigenvalue weighted by atomic mass is 19.1. The number of hydrogen-bond donors (Lipinski definition) is 0. The van der Waals surface area contributed by atoms with Crippen LogP contribution in [-0.4, -0.2) is 6.04 Å². The molecule has 0 fully saturated rings. The van der Waals surface area contributed by atoms with Crippen molar-refractivity contribution < 1.29 is 9.18 Å². The number of benzene rings is 3. The van der Waals surface area contributed by atoms with Gasteiger partial charge in [0.15, 0.2) is 0 Å². The summed E-state index contributed by atoms with van der Waals surface area (Å²) in [7, 11) is 0. The molecule has 0 saturated carbocycles. The SMILES string of the molecule is O=C(F)c1cc2ccccc2c2ccccc12. The molecule has 0 aliphatic heterocycles. The van der Waals surface area contributed by atoms with E-state index < -0.39 is 6.04 Å². The molecule has 1 nitrogen and oxygen atoms in total. The Kier molecular flexibility index (Phi) is 2.15. The quantitative estimate of drug-likeness (QED) is 0.449. The van der Waals surface area contributed by atoms with Gasteiger partial charge in [-0.25, -0.2) is 0 Å². The molecule has 0 bridgehead atoms. The first-order chi connectivity index (χ1) is 8.27. The molecule has 0 unspecified atom stereocenters. The molecule has 17 heavy (non-hydrogen) atoms. The molecular weight excluding hydrogens is 215 g/mol. The monoisotopic (exact) mass is 224 g/mol. The zero-order chi connectivity index (χ0) is 11.8. The van der Waals surface area contributed by atoms with Crippen LogP contribution in [0.3, 0.4) is 0 Å². The number of carbonyl (C=O) groups excluding carboxylic acids is 1. The predicted octanol–water partition coefficient (Wildman–Crippen LogP) is 4.10. The van der Waals surface area contributed by atoms with E-state index in [1.165, 1.54) is 0 Å². The summed E-state index contributed by atoms with van der Waals surface area (Å²) in [6, 6.07) is 15.3. The van der Waals surface area contributed by atoms with Gasteiger partial charge in [0.05, 0.1) is 5.56 Å². The zero-order valence-corrected chi connectivity index (χ0v) is 8.98. The van der Waals surface area contributed by atoms with E-state index in [9.17, 15) is 9.18 Å². The molecule has 0 heterocycles. The van der Waals surface area contributed by atoms with Gasteiger partial charge >= 0.3 is 6.04 Å². The van der Waals surface area contributed by atoms with Crippen LogP contribution in [0.2, 0.25) is 0 Å². The molecule has 0 atom stereocenters. The van der Waals surface area contributed by atoms with E-state index in [1.54, 1.807) is 12.1 Å². The third-order valence-corrected chi connectivity index (χ3v) is 2.98. The molecule has 3 aromatic rings.